The third-order valence-corrected chi connectivity index (χ3v) is 3.72. The largest absolute Gasteiger partial charge is 0.355 e. The Morgan fingerprint density at radius 2 is 1.76 bits per heavy atom. The molecule has 1 aromatic rings. The van der Waals surface area contributed by atoms with Crippen LogP contribution >= 0.6 is 0 Å². The van der Waals surface area contributed by atoms with Gasteiger partial charge >= 0.3 is 0 Å². The quantitative estimate of drug-likeness (QED) is 0.859. The normalized spacial score (nSPS) is 15.8. The first-order valence-corrected chi connectivity index (χ1v) is 7.42. The van der Waals surface area contributed by atoms with Crippen LogP contribution in [0.2, 0.25) is 0 Å². The summed E-state index contributed by atoms with van der Waals surface area (Å²) in [4.78, 5) is 27.9. The zero-order valence-electron chi connectivity index (χ0n) is 12.5. The fourth-order valence-electron chi connectivity index (χ4n) is 2.37. The lowest BCUT2D eigenvalue weighted by Gasteiger charge is -2.32. The number of carbonyl (C=O) groups is 2. The Bertz CT molecular complexity index is 468. The fraction of sp³-hybridized carbons (Fsp3) is 0.500. The highest BCUT2D eigenvalue weighted by molar-refractivity contribution is 5.80. The van der Waals surface area contributed by atoms with Gasteiger partial charge in [0.15, 0.2) is 0 Å². The monoisotopic (exact) mass is 289 g/mol. The molecule has 0 saturated carbocycles. The number of benzene rings is 1. The Labute approximate surface area is 125 Å². The summed E-state index contributed by atoms with van der Waals surface area (Å²) in [6.45, 7) is 3.83. The number of hydrogen-bond donors (Lipinski definition) is 1. The molecule has 21 heavy (non-hydrogen) atoms. The topological polar surface area (TPSA) is 52.6 Å². The maximum Gasteiger partial charge on any atom is 0.224 e. The van der Waals surface area contributed by atoms with Crippen LogP contribution in [0.1, 0.15) is 12.0 Å². The van der Waals surface area contributed by atoms with Crippen LogP contribution in [0.3, 0.4) is 0 Å². The molecule has 0 bridgehead atoms. The molecule has 0 aromatic heterocycles. The van der Waals surface area contributed by atoms with E-state index >= 15 is 0 Å². The Morgan fingerprint density at radius 1 is 1.10 bits per heavy atom. The van der Waals surface area contributed by atoms with Crippen LogP contribution in [0.5, 0.6) is 0 Å². The second kappa shape index (κ2) is 7.78. The minimum atomic E-state index is -0.0348. The Kier molecular flexibility index (Phi) is 5.75. The predicted octanol–water partition coefficient (Wildman–Crippen LogP) is 0.509. The number of amides is 2. The molecule has 1 heterocycles. The lowest BCUT2D eigenvalue weighted by Crippen LogP contribution is -2.47. The van der Waals surface area contributed by atoms with Crippen molar-refractivity contribution in [2.24, 2.45) is 0 Å². The molecule has 0 unspecified atom stereocenters. The summed E-state index contributed by atoms with van der Waals surface area (Å²) in [5.74, 6) is 0.0930. The van der Waals surface area contributed by atoms with Gasteiger partial charge in [-0.15, -0.1) is 0 Å². The van der Waals surface area contributed by atoms with Crippen molar-refractivity contribution in [1.82, 2.24) is 15.1 Å². The molecule has 1 aliphatic rings. The van der Waals surface area contributed by atoms with E-state index in [-0.39, 0.29) is 11.8 Å². The van der Waals surface area contributed by atoms with Crippen LogP contribution in [0.25, 0.3) is 0 Å². The molecule has 5 heteroatoms. The molecule has 5 nitrogen and oxygen atoms in total. The van der Waals surface area contributed by atoms with Gasteiger partial charge < -0.3 is 15.1 Å². The van der Waals surface area contributed by atoms with Crippen molar-refractivity contribution >= 4 is 11.8 Å². The molecule has 114 valence electrons. The van der Waals surface area contributed by atoms with E-state index < -0.39 is 0 Å². The van der Waals surface area contributed by atoms with Gasteiger partial charge in [-0.3, -0.25) is 9.59 Å². The number of nitrogens with one attached hydrogen (secondary N) is 1. The molecule has 1 aliphatic heterocycles. The number of piperazine rings is 1. The number of hydrogen-bond acceptors (Lipinski definition) is 3. The maximum absolute atomic E-state index is 12.0. The average Bonchev–Trinajstić information content (AvgIpc) is 2.49. The summed E-state index contributed by atoms with van der Waals surface area (Å²) in [5.41, 5.74) is 0.986. The molecule has 0 radical (unpaired) electrons. The molecule has 0 atom stereocenters. The molecular formula is C16H23N3O2. The Hall–Kier alpha value is -1.88. The zero-order valence-corrected chi connectivity index (χ0v) is 12.5. The highest BCUT2D eigenvalue weighted by Gasteiger charge is 2.18. The van der Waals surface area contributed by atoms with E-state index in [0.717, 1.165) is 31.7 Å². The van der Waals surface area contributed by atoms with Crippen molar-refractivity contribution in [1.29, 1.82) is 0 Å². The summed E-state index contributed by atoms with van der Waals surface area (Å²) < 4.78 is 0. The lowest BCUT2D eigenvalue weighted by molar-refractivity contribution is -0.132. The average molecular weight is 289 g/mol. The van der Waals surface area contributed by atoms with Crippen LogP contribution in [0.15, 0.2) is 30.3 Å². The maximum atomic E-state index is 12.0. The smallest absolute Gasteiger partial charge is 0.224 e. The zero-order chi connectivity index (χ0) is 15.1. The van der Waals surface area contributed by atoms with Crippen LogP contribution < -0.4 is 5.32 Å². The third-order valence-electron chi connectivity index (χ3n) is 3.72. The number of nitrogens with zero attached hydrogens (tertiary/aromatic N) is 2. The van der Waals surface area contributed by atoms with E-state index in [0.29, 0.717) is 19.4 Å². The van der Waals surface area contributed by atoms with Gasteiger partial charge in [-0.2, -0.15) is 0 Å². The second-order valence-electron chi connectivity index (χ2n) is 5.45. The van der Waals surface area contributed by atoms with Crippen molar-refractivity contribution in [3.05, 3.63) is 35.9 Å². The van der Waals surface area contributed by atoms with Gasteiger partial charge in [0.1, 0.15) is 0 Å². The molecule has 2 rings (SSSR count). The predicted molar refractivity (Wildman–Crippen MR) is 81.8 cm³/mol. The number of carbonyl (C=O) groups excluding carboxylic acids is 2. The molecule has 1 fully saturated rings. The molecule has 1 aromatic carbocycles. The minimum absolute atomic E-state index is 0.0348. The van der Waals surface area contributed by atoms with Crippen molar-refractivity contribution in [2.45, 2.75) is 12.8 Å². The van der Waals surface area contributed by atoms with Gasteiger partial charge in [-0.05, 0) is 12.6 Å². The first kappa shape index (κ1) is 15.5. The number of rotatable bonds is 5. The van der Waals surface area contributed by atoms with Crippen molar-refractivity contribution in [3.63, 3.8) is 0 Å². The van der Waals surface area contributed by atoms with Crippen LogP contribution in [0.4, 0.5) is 0 Å². The Balaban J connectivity index is 1.64. The molecule has 0 spiro atoms. The van der Waals surface area contributed by atoms with Gasteiger partial charge in [0.25, 0.3) is 0 Å². The summed E-state index contributed by atoms with van der Waals surface area (Å²) in [5, 5.41) is 2.81. The summed E-state index contributed by atoms with van der Waals surface area (Å²) >= 11 is 0. The summed E-state index contributed by atoms with van der Waals surface area (Å²) in [6.07, 6.45) is 0.744. The van der Waals surface area contributed by atoms with E-state index in [9.17, 15) is 9.59 Å². The minimum Gasteiger partial charge on any atom is -0.355 e. The third kappa shape index (κ3) is 5.19. The molecule has 0 aliphatic carbocycles. The first-order chi connectivity index (χ1) is 10.1. The molecule has 1 N–H and O–H groups in total. The fourth-order valence-corrected chi connectivity index (χ4v) is 2.37. The highest BCUT2D eigenvalue weighted by atomic mass is 16.2. The van der Waals surface area contributed by atoms with E-state index in [1.807, 2.05) is 35.2 Å². The second-order valence-corrected chi connectivity index (χ2v) is 5.45. The molecule has 2 amide bonds. The molecule has 1 saturated heterocycles. The van der Waals surface area contributed by atoms with Crippen LogP contribution in [-0.2, 0) is 16.0 Å². The van der Waals surface area contributed by atoms with E-state index in [1.54, 1.807) is 0 Å². The van der Waals surface area contributed by atoms with Gasteiger partial charge in [0.05, 0.1) is 6.42 Å². The highest BCUT2D eigenvalue weighted by Crippen LogP contribution is 2.02. The van der Waals surface area contributed by atoms with Gasteiger partial charge in [-0.1, -0.05) is 30.3 Å². The van der Waals surface area contributed by atoms with Crippen LogP contribution in [0, 0.1) is 0 Å². The Morgan fingerprint density at radius 3 is 2.43 bits per heavy atom. The standard InChI is InChI=1S/C16H23N3O2/c1-18-9-11-19(12-10-18)16(21)7-8-17-15(20)13-14-5-3-2-4-6-14/h2-6H,7-13H2,1H3,(H,17,20). The van der Waals surface area contributed by atoms with Crippen molar-refractivity contribution in [3.8, 4) is 0 Å². The molecular weight excluding hydrogens is 266 g/mol. The van der Waals surface area contributed by atoms with Crippen LogP contribution in [-0.4, -0.2) is 61.4 Å². The van der Waals surface area contributed by atoms with E-state index in [2.05, 4.69) is 17.3 Å². The first-order valence-electron chi connectivity index (χ1n) is 7.42. The SMILES string of the molecule is CN1CCN(C(=O)CCNC(=O)Cc2ccccc2)CC1. The van der Waals surface area contributed by atoms with Gasteiger partial charge in [0.2, 0.25) is 11.8 Å². The summed E-state index contributed by atoms with van der Waals surface area (Å²) in [6, 6.07) is 9.61. The lowest BCUT2D eigenvalue weighted by atomic mass is 10.1. The van der Waals surface area contributed by atoms with Gasteiger partial charge in [0, 0.05) is 39.1 Å². The number of likely N-dealkylation sites (N-methyl/N-ethyl adjacent to an activating group) is 1. The summed E-state index contributed by atoms with van der Waals surface area (Å²) in [7, 11) is 2.06. The van der Waals surface area contributed by atoms with Gasteiger partial charge in [-0.25, -0.2) is 0 Å². The van der Waals surface area contributed by atoms with Crippen molar-refractivity contribution in [2.75, 3.05) is 39.8 Å². The van der Waals surface area contributed by atoms with Crippen molar-refractivity contribution < 1.29 is 9.59 Å². The van der Waals surface area contributed by atoms with E-state index in [4.69, 9.17) is 0 Å². The van der Waals surface area contributed by atoms with E-state index in [1.165, 1.54) is 0 Å².